The molecular formula is C24H24N4O6. The van der Waals surface area contributed by atoms with Crippen molar-refractivity contribution in [1.29, 1.82) is 0 Å². The summed E-state index contributed by atoms with van der Waals surface area (Å²) in [7, 11) is 2.87. The maximum Gasteiger partial charge on any atom is 0.412 e. The van der Waals surface area contributed by atoms with E-state index in [-0.39, 0.29) is 30.5 Å². The molecule has 0 fully saturated rings. The van der Waals surface area contributed by atoms with Crippen LogP contribution in [0.5, 0.6) is 0 Å². The number of methoxy groups -OCH3 is 1. The third-order valence-electron chi connectivity index (χ3n) is 5.68. The van der Waals surface area contributed by atoms with Crippen LogP contribution in [0.3, 0.4) is 0 Å². The molecule has 1 aromatic heterocycles. The van der Waals surface area contributed by atoms with Gasteiger partial charge >= 0.3 is 12.1 Å². The fraction of sp³-hybridized carbons (Fsp3) is 0.250. The summed E-state index contributed by atoms with van der Waals surface area (Å²) < 4.78 is 11.6. The van der Waals surface area contributed by atoms with Crippen molar-refractivity contribution in [2.45, 2.75) is 12.0 Å². The molecule has 0 saturated heterocycles. The predicted octanol–water partition coefficient (Wildman–Crippen LogP) is 2.61. The van der Waals surface area contributed by atoms with Crippen molar-refractivity contribution in [3.63, 3.8) is 0 Å². The number of fused-ring (bicyclic) bond motifs is 3. The van der Waals surface area contributed by atoms with Gasteiger partial charge < -0.3 is 19.9 Å². The van der Waals surface area contributed by atoms with Crippen molar-refractivity contribution in [2.75, 3.05) is 25.6 Å². The average Bonchev–Trinajstić information content (AvgIpc) is 3.35. The highest BCUT2D eigenvalue weighted by Gasteiger charge is 2.30. The van der Waals surface area contributed by atoms with E-state index in [0.717, 1.165) is 22.3 Å². The lowest BCUT2D eigenvalue weighted by atomic mass is 9.98. The fourth-order valence-electron chi connectivity index (χ4n) is 4.06. The molecule has 3 aromatic rings. The number of aromatic nitrogens is 2. The van der Waals surface area contributed by atoms with Gasteiger partial charge in [-0.15, -0.1) is 0 Å². The van der Waals surface area contributed by atoms with Gasteiger partial charge in [-0.3, -0.25) is 14.8 Å². The van der Waals surface area contributed by atoms with Crippen molar-refractivity contribution in [1.82, 2.24) is 15.1 Å². The molecule has 34 heavy (non-hydrogen) atoms. The van der Waals surface area contributed by atoms with E-state index in [9.17, 15) is 19.5 Å². The maximum atomic E-state index is 12.6. The van der Waals surface area contributed by atoms with Gasteiger partial charge in [0.05, 0.1) is 12.8 Å². The van der Waals surface area contributed by atoms with Crippen LogP contribution >= 0.6 is 0 Å². The van der Waals surface area contributed by atoms with Crippen molar-refractivity contribution in [3.8, 4) is 11.1 Å². The second-order valence-electron chi connectivity index (χ2n) is 7.80. The Kier molecular flexibility index (Phi) is 6.60. The number of nitrogens with one attached hydrogen (secondary N) is 2. The minimum atomic E-state index is -1.25. The fourth-order valence-corrected chi connectivity index (χ4v) is 4.06. The summed E-state index contributed by atoms with van der Waals surface area (Å²) in [6, 6.07) is 14.7. The number of carbonyl (C=O) groups is 3. The third kappa shape index (κ3) is 4.48. The number of carbonyl (C=O) groups excluding carboxylic acids is 2. The van der Waals surface area contributed by atoms with Gasteiger partial charge in [-0.2, -0.15) is 5.10 Å². The van der Waals surface area contributed by atoms with E-state index in [1.54, 1.807) is 7.05 Å². The molecule has 10 nitrogen and oxygen atoms in total. The molecule has 1 aliphatic carbocycles. The predicted molar refractivity (Wildman–Crippen MR) is 123 cm³/mol. The number of amides is 2. The molecule has 1 atom stereocenters. The van der Waals surface area contributed by atoms with Crippen LogP contribution in [0.15, 0.2) is 54.7 Å². The van der Waals surface area contributed by atoms with Crippen LogP contribution in [0.1, 0.15) is 27.4 Å². The number of rotatable bonds is 8. The zero-order chi connectivity index (χ0) is 24.2. The number of carboxylic acids is 1. The first-order chi connectivity index (χ1) is 16.4. The van der Waals surface area contributed by atoms with Crippen LogP contribution in [0, 0.1) is 0 Å². The molecule has 0 saturated carbocycles. The summed E-state index contributed by atoms with van der Waals surface area (Å²) in [4.78, 5) is 36.6. The Morgan fingerprint density at radius 2 is 1.71 bits per heavy atom. The average molecular weight is 464 g/mol. The largest absolute Gasteiger partial charge is 0.480 e. The summed E-state index contributed by atoms with van der Waals surface area (Å²) >= 11 is 0. The third-order valence-corrected chi connectivity index (χ3v) is 5.68. The number of aryl methyl sites for hydroxylation is 1. The van der Waals surface area contributed by atoms with Gasteiger partial charge in [-0.25, -0.2) is 9.59 Å². The molecule has 10 heteroatoms. The lowest BCUT2D eigenvalue weighted by Crippen LogP contribution is -2.44. The van der Waals surface area contributed by atoms with Gasteiger partial charge in [0.25, 0.3) is 5.91 Å². The Morgan fingerprint density at radius 1 is 1.09 bits per heavy atom. The number of hydrogen-bond acceptors (Lipinski definition) is 6. The monoisotopic (exact) mass is 464 g/mol. The molecule has 4 rings (SSSR count). The van der Waals surface area contributed by atoms with Crippen molar-refractivity contribution < 1.29 is 29.0 Å². The lowest BCUT2D eigenvalue weighted by Gasteiger charge is -2.16. The highest BCUT2D eigenvalue weighted by molar-refractivity contribution is 6.03. The molecule has 3 N–H and O–H groups in total. The lowest BCUT2D eigenvalue weighted by molar-refractivity contribution is -0.140. The number of nitrogens with zero attached hydrogens (tertiary/aromatic N) is 2. The Balaban J connectivity index is 1.45. The molecule has 2 amide bonds. The molecule has 0 unspecified atom stereocenters. The summed E-state index contributed by atoms with van der Waals surface area (Å²) in [5.74, 6) is -1.99. The number of carboxylic acid groups (broad SMARTS) is 1. The summed E-state index contributed by atoms with van der Waals surface area (Å²) in [5, 5.41) is 18.1. The van der Waals surface area contributed by atoms with E-state index >= 15 is 0 Å². The summed E-state index contributed by atoms with van der Waals surface area (Å²) in [6.07, 6.45) is 0.478. The molecule has 176 valence electrons. The normalized spacial score (nSPS) is 13.0. The second kappa shape index (κ2) is 9.75. The van der Waals surface area contributed by atoms with Crippen molar-refractivity contribution in [2.24, 2.45) is 7.05 Å². The number of ether oxygens (including phenoxy) is 2. The van der Waals surface area contributed by atoms with Crippen molar-refractivity contribution in [3.05, 3.63) is 71.4 Å². The Morgan fingerprint density at radius 3 is 2.29 bits per heavy atom. The first kappa shape index (κ1) is 23.0. The summed E-state index contributed by atoms with van der Waals surface area (Å²) in [5.41, 5.74) is 4.38. The number of anilines is 1. The quantitative estimate of drug-likeness (QED) is 0.467. The molecule has 0 bridgehead atoms. The van der Waals surface area contributed by atoms with Crippen LogP contribution in [0.4, 0.5) is 10.6 Å². The van der Waals surface area contributed by atoms with Gasteiger partial charge in [-0.05, 0) is 22.3 Å². The number of benzene rings is 2. The first-order valence-electron chi connectivity index (χ1n) is 10.6. The molecular weight excluding hydrogens is 440 g/mol. The molecule has 0 radical (unpaired) electrons. The minimum absolute atomic E-state index is 0.00152. The molecule has 1 heterocycles. The topological polar surface area (TPSA) is 132 Å². The van der Waals surface area contributed by atoms with E-state index in [1.807, 2.05) is 48.5 Å². The van der Waals surface area contributed by atoms with Gasteiger partial charge in [0.2, 0.25) is 0 Å². The number of aliphatic carboxylic acids is 1. The minimum Gasteiger partial charge on any atom is -0.480 e. The van der Waals surface area contributed by atoms with Gasteiger partial charge in [0.15, 0.2) is 6.04 Å². The van der Waals surface area contributed by atoms with Crippen LogP contribution < -0.4 is 10.6 Å². The Labute approximate surface area is 195 Å². The molecule has 0 spiro atoms. The van der Waals surface area contributed by atoms with Crippen molar-refractivity contribution >= 4 is 23.8 Å². The zero-order valence-electron chi connectivity index (χ0n) is 18.6. The molecule has 1 aliphatic rings. The standard InChI is InChI=1S/C24H24N4O6/c1-28-21(18(11-25-28)22(29)26-20(13-33-2)23(30)31)27-24(32)34-12-19-16-9-5-3-7-14(16)15-8-4-6-10-17(15)19/h3-11,19-20H,12-13H2,1-2H3,(H,26,29)(H,27,32)(H,30,31)/t20-/m0/s1. The van der Waals surface area contributed by atoms with Gasteiger partial charge in [0, 0.05) is 20.1 Å². The van der Waals surface area contributed by atoms with Gasteiger partial charge in [-0.1, -0.05) is 48.5 Å². The van der Waals surface area contributed by atoms with E-state index in [1.165, 1.54) is 18.0 Å². The summed E-state index contributed by atoms with van der Waals surface area (Å²) in [6.45, 7) is -0.107. The smallest absolute Gasteiger partial charge is 0.412 e. The molecule has 0 aliphatic heterocycles. The highest BCUT2D eigenvalue weighted by atomic mass is 16.5. The van der Waals surface area contributed by atoms with Crippen LogP contribution in [0.25, 0.3) is 11.1 Å². The molecule has 2 aromatic carbocycles. The SMILES string of the molecule is COC[C@H](NC(=O)c1cnn(C)c1NC(=O)OCC1c2ccccc2-c2ccccc21)C(=O)O. The highest BCUT2D eigenvalue weighted by Crippen LogP contribution is 2.44. The zero-order valence-corrected chi connectivity index (χ0v) is 18.6. The van der Waals surface area contributed by atoms with Crippen LogP contribution in [0.2, 0.25) is 0 Å². The van der Waals surface area contributed by atoms with Gasteiger partial charge in [0.1, 0.15) is 18.0 Å². The van der Waals surface area contributed by atoms with E-state index in [4.69, 9.17) is 9.47 Å². The van der Waals surface area contributed by atoms with E-state index in [0.29, 0.717) is 0 Å². The number of hydrogen-bond donors (Lipinski definition) is 3. The van der Waals surface area contributed by atoms with Crippen LogP contribution in [-0.4, -0.2) is 59.2 Å². The maximum absolute atomic E-state index is 12.6. The van der Waals surface area contributed by atoms with E-state index < -0.39 is 24.0 Å². The Bertz CT molecular complexity index is 1190. The van der Waals surface area contributed by atoms with Crippen LogP contribution in [-0.2, 0) is 21.3 Å². The Hall–Kier alpha value is -4.18. The second-order valence-corrected chi connectivity index (χ2v) is 7.80. The first-order valence-corrected chi connectivity index (χ1v) is 10.6. The van der Waals surface area contributed by atoms with E-state index in [2.05, 4.69) is 15.7 Å².